The summed E-state index contributed by atoms with van der Waals surface area (Å²) in [6, 6.07) is 13.6. The van der Waals surface area contributed by atoms with Gasteiger partial charge in [-0.3, -0.25) is 9.78 Å². The van der Waals surface area contributed by atoms with E-state index < -0.39 is 0 Å². The summed E-state index contributed by atoms with van der Waals surface area (Å²) in [5.74, 6) is 0.0870. The van der Waals surface area contributed by atoms with Crippen LogP contribution in [-0.2, 0) is 17.8 Å². The Balaban J connectivity index is 1.50. The van der Waals surface area contributed by atoms with Crippen LogP contribution in [0.1, 0.15) is 24.5 Å². The molecule has 1 aromatic carbocycles. The number of likely N-dealkylation sites (tertiary alicyclic amines) is 1. The molecule has 1 unspecified atom stereocenters. The Kier molecular flexibility index (Phi) is 6.41. The lowest BCUT2D eigenvalue weighted by Gasteiger charge is -2.24. The number of hydrogen-bond acceptors (Lipinski definition) is 3. The summed E-state index contributed by atoms with van der Waals surface area (Å²) in [6.07, 6.45) is 4.67. The fourth-order valence-electron chi connectivity index (χ4n) is 3.31. The van der Waals surface area contributed by atoms with E-state index in [1.807, 2.05) is 54.3 Å². The van der Waals surface area contributed by atoms with Gasteiger partial charge in [-0.05, 0) is 36.6 Å². The van der Waals surface area contributed by atoms with Crippen molar-refractivity contribution in [2.24, 2.45) is 0 Å². The predicted molar refractivity (Wildman–Crippen MR) is 104 cm³/mol. The highest BCUT2D eigenvalue weighted by Gasteiger charge is 2.31. The van der Waals surface area contributed by atoms with Crippen molar-refractivity contribution < 1.29 is 9.59 Å². The van der Waals surface area contributed by atoms with E-state index in [2.05, 4.69) is 10.3 Å². The van der Waals surface area contributed by atoms with Crippen LogP contribution in [0.2, 0.25) is 0 Å². The highest BCUT2D eigenvalue weighted by atomic mass is 16.2. The van der Waals surface area contributed by atoms with Crippen molar-refractivity contribution in [3.05, 3.63) is 66.0 Å². The van der Waals surface area contributed by atoms with Gasteiger partial charge < -0.3 is 15.1 Å². The normalized spacial score (nSPS) is 16.4. The maximum atomic E-state index is 12.6. The van der Waals surface area contributed by atoms with Gasteiger partial charge in [0.05, 0.1) is 6.04 Å². The van der Waals surface area contributed by atoms with E-state index in [1.54, 1.807) is 17.3 Å². The minimum absolute atomic E-state index is 0.0870. The standard InChI is InChI=1S/C21H26N4O2/c1-2-24(13-10-17-8-11-22-12-9-17)21(27)23-19-14-20(26)25(16-19)15-18-6-4-3-5-7-18/h3-9,11-12,19H,2,10,13-16H2,1H3,(H,23,27). The zero-order chi connectivity index (χ0) is 19.1. The van der Waals surface area contributed by atoms with Crippen molar-refractivity contribution >= 4 is 11.9 Å². The SMILES string of the molecule is CCN(CCc1ccncc1)C(=O)NC1CC(=O)N(Cc2ccccc2)C1. The molecular formula is C21H26N4O2. The third-order valence-corrected chi connectivity index (χ3v) is 4.85. The molecule has 1 aliphatic heterocycles. The molecule has 6 heteroatoms. The third kappa shape index (κ3) is 5.29. The van der Waals surface area contributed by atoms with Crippen LogP contribution in [0.5, 0.6) is 0 Å². The molecule has 1 fully saturated rings. The number of benzene rings is 1. The molecule has 0 aliphatic carbocycles. The maximum absolute atomic E-state index is 12.6. The third-order valence-electron chi connectivity index (χ3n) is 4.85. The first-order valence-corrected chi connectivity index (χ1v) is 9.41. The second kappa shape index (κ2) is 9.16. The molecule has 1 aromatic heterocycles. The lowest BCUT2D eigenvalue weighted by atomic mass is 10.2. The van der Waals surface area contributed by atoms with Gasteiger partial charge in [0, 0.05) is 45.0 Å². The largest absolute Gasteiger partial charge is 0.336 e. The van der Waals surface area contributed by atoms with Gasteiger partial charge in [0.15, 0.2) is 0 Å². The highest BCUT2D eigenvalue weighted by Crippen LogP contribution is 2.15. The molecule has 1 N–H and O–H groups in total. The summed E-state index contributed by atoms with van der Waals surface area (Å²) in [5, 5.41) is 3.02. The monoisotopic (exact) mass is 366 g/mol. The first-order valence-electron chi connectivity index (χ1n) is 9.41. The summed E-state index contributed by atoms with van der Waals surface area (Å²) >= 11 is 0. The molecule has 2 aromatic rings. The number of carbonyl (C=O) groups is 2. The Hall–Kier alpha value is -2.89. The molecule has 27 heavy (non-hydrogen) atoms. The molecule has 142 valence electrons. The fourth-order valence-corrected chi connectivity index (χ4v) is 3.31. The van der Waals surface area contributed by atoms with Crippen LogP contribution in [0.25, 0.3) is 0 Å². The lowest BCUT2D eigenvalue weighted by Crippen LogP contribution is -2.46. The van der Waals surface area contributed by atoms with E-state index in [9.17, 15) is 9.59 Å². The molecule has 3 amide bonds. The van der Waals surface area contributed by atoms with Gasteiger partial charge in [0.25, 0.3) is 0 Å². The van der Waals surface area contributed by atoms with E-state index in [1.165, 1.54) is 0 Å². The van der Waals surface area contributed by atoms with E-state index >= 15 is 0 Å². The number of nitrogens with zero attached hydrogens (tertiary/aromatic N) is 3. The Morgan fingerprint density at radius 1 is 1.19 bits per heavy atom. The predicted octanol–water partition coefficient (Wildman–Crippen LogP) is 2.46. The molecule has 1 atom stereocenters. The second-order valence-electron chi connectivity index (χ2n) is 6.80. The Labute approximate surface area is 160 Å². The summed E-state index contributed by atoms with van der Waals surface area (Å²) in [4.78, 5) is 32.5. The first kappa shape index (κ1) is 18.9. The quantitative estimate of drug-likeness (QED) is 0.819. The molecule has 1 aliphatic rings. The number of amides is 3. The van der Waals surface area contributed by atoms with Gasteiger partial charge in [-0.2, -0.15) is 0 Å². The average molecular weight is 366 g/mol. The lowest BCUT2D eigenvalue weighted by molar-refractivity contribution is -0.128. The van der Waals surface area contributed by atoms with Crippen LogP contribution >= 0.6 is 0 Å². The second-order valence-corrected chi connectivity index (χ2v) is 6.80. The summed E-state index contributed by atoms with van der Waals surface area (Å²) < 4.78 is 0. The number of carbonyl (C=O) groups excluding carboxylic acids is 2. The van der Waals surface area contributed by atoms with Crippen molar-refractivity contribution in [3.63, 3.8) is 0 Å². The zero-order valence-corrected chi connectivity index (χ0v) is 15.7. The van der Waals surface area contributed by atoms with Gasteiger partial charge in [-0.25, -0.2) is 4.79 Å². The minimum atomic E-state index is -0.135. The van der Waals surface area contributed by atoms with Crippen LogP contribution in [-0.4, -0.2) is 52.4 Å². The van der Waals surface area contributed by atoms with Crippen LogP contribution < -0.4 is 5.32 Å². The molecule has 1 saturated heterocycles. The van der Waals surface area contributed by atoms with Crippen molar-refractivity contribution in [2.75, 3.05) is 19.6 Å². The molecule has 2 heterocycles. The molecule has 0 bridgehead atoms. The molecule has 0 radical (unpaired) electrons. The Bertz CT molecular complexity index is 751. The number of likely N-dealkylation sites (N-methyl/N-ethyl adjacent to an activating group) is 1. The van der Waals surface area contributed by atoms with Crippen LogP contribution in [0, 0.1) is 0 Å². The Morgan fingerprint density at radius 3 is 2.63 bits per heavy atom. The van der Waals surface area contributed by atoms with E-state index in [-0.39, 0.29) is 18.0 Å². The summed E-state index contributed by atoms with van der Waals surface area (Å²) in [5.41, 5.74) is 2.26. The van der Waals surface area contributed by atoms with Gasteiger partial charge >= 0.3 is 6.03 Å². The van der Waals surface area contributed by atoms with Crippen LogP contribution in [0.15, 0.2) is 54.9 Å². The van der Waals surface area contributed by atoms with Crippen molar-refractivity contribution in [1.29, 1.82) is 0 Å². The molecule has 0 saturated carbocycles. The van der Waals surface area contributed by atoms with Gasteiger partial charge in [-0.15, -0.1) is 0 Å². The number of hydrogen-bond donors (Lipinski definition) is 1. The molecular weight excluding hydrogens is 340 g/mol. The molecule has 0 spiro atoms. The summed E-state index contributed by atoms with van der Waals surface area (Å²) in [7, 11) is 0. The smallest absolute Gasteiger partial charge is 0.317 e. The number of pyridine rings is 1. The minimum Gasteiger partial charge on any atom is -0.336 e. The first-order chi connectivity index (χ1) is 13.2. The number of nitrogens with one attached hydrogen (secondary N) is 1. The van der Waals surface area contributed by atoms with E-state index in [4.69, 9.17) is 0 Å². The van der Waals surface area contributed by atoms with Crippen molar-refractivity contribution in [1.82, 2.24) is 20.1 Å². The fraction of sp³-hybridized carbons (Fsp3) is 0.381. The van der Waals surface area contributed by atoms with Crippen LogP contribution in [0.4, 0.5) is 4.79 Å². The number of rotatable bonds is 7. The van der Waals surface area contributed by atoms with Gasteiger partial charge in [0.1, 0.15) is 0 Å². The Morgan fingerprint density at radius 2 is 1.93 bits per heavy atom. The molecule has 3 rings (SSSR count). The van der Waals surface area contributed by atoms with Crippen molar-refractivity contribution in [3.8, 4) is 0 Å². The molecule has 6 nitrogen and oxygen atoms in total. The van der Waals surface area contributed by atoms with Gasteiger partial charge in [0.2, 0.25) is 5.91 Å². The van der Waals surface area contributed by atoms with E-state index in [0.717, 1.165) is 17.5 Å². The van der Waals surface area contributed by atoms with Crippen molar-refractivity contribution in [2.45, 2.75) is 32.4 Å². The average Bonchev–Trinajstić information content (AvgIpc) is 3.02. The maximum Gasteiger partial charge on any atom is 0.317 e. The zero-order valence-electron chi connectivity index (χ0n) is 15.7. The van der Waals surface area contributed by atoms with Crippen LogP contribution in [0.3, 0.4) is 0 Å². The van der Waals surface area contributed by atoms with Gasteiger partial charge in [-0.1, -0.05) is 30.3 Å². The highest BCUT2D eigenvalue weighted by molar-refractivity contribution is 5.81. The summed E-state index contributed by atoms with van der Waals surface area (Å²) in [6.45, 7) is 4.38. The number of aromatic nitrogens is 1. The topological polar surface area (TPSA) is 65.5 Å². The van der Waals surface area contributed by atoms with E-state index in [0.29, 0.717) is 32.6 Å². The number of urea groups is 1.